The Morgan fingerprint density at radius 1 is 1.75 bits per heavy atom. The summed E-state index contributed by atoms with van der Waals surface area (Å²) in [6, 6.07) is 0. The lowest BCUT2D eigenvalue weighted by atomic mass is 10.2. The van der Waals surface area contributed by atoms with Crippen LogP contribution in [0, 0.1) is 0 Å². The molecular weight excluding hydrogens is 132 g/mol. The fourth-order valence-electron chi connectivity index (χ4n) is 0.121. The van der Waals surface area contributed by atoms with Crippen LogP contribution >= 0.6 is 7.82 Å². The highest BCUT2D eigenvalue weighted by atomic mass is 31.2. The summed E-state index contributed by atoms with van der Waals surface area (Å²) in [5.74, 6) is 0. The molecule has 0 aromatic carbocycles. The molecule has 5 nitrogen and oxygen atoms in total. The molecular formula is CH5BNO4P. The quantitative estimate of drug-likeness (QED) is 0.256. The number of hydrogen-bond donors (Lipinski definition) is 3. The molecule has 2 radical (unpaired) electrons. The molecule has 0 aromatic rings. The number of nitrogens with one attached hydrogen (secondary N) is 1. The van der Waals surface area contributed by atoms with Crippen LogP contribution in [0.5, 0.6) is 0 Å². The van der Waals surface area contributed by atoms with Gasteiger partial charge in [0, 0.05) is 0 Å². The Balaban J connectivity index is 3.26. The summed E-state index contributed by atoms with van der Waals surface area (Å²) in [7, 11) is 0.383. The van der Waals surface area contributed by atoms with E-state index in [1.54, 1.807) is 5.48 Å². The van der Waals surface area contributed by atoms with Gasteiger partial charge in [-0.2, -0.15) is 4.62 Å². The zero-order valence-corrected chi connectivity index (χ0v) is 4.84. The second-order valence-electron chi connectivity index (χ2n) is 0.930. The Kier molecular flexibility index (Phi) is 3.27. The van der Waals surface area contributed by atoms with Crippen molar-refractivity contribution in [1.82, 2.24) is 5.48 Å². The molecule has 0 saturated heterocycles. The number of hydrogen-bond acceptors (Lipinski definition) is 3. The van der Waals surface area contributed by atoms with Crippen LogP contribution in [0.15, 0.2) is 0 Å². The van der Waals surface area contributed by atoms with E-state index in [1.165, 1.54) is 0 Å². The molecule has 0 saturated carbocycles. The van der Waals surface area contributed by atoms with Crippen molar-refractivity contribution >= 4 is 15.7 Å². The van der Waals surface area contributed by atoms with Gasteiger partial charge in [-0.15, -0.1) is 0 Å². The maximum absolute atomic E-state index is 9.74. The molecule has 0 aromatic heterocycles. The predicted molar refractivity (Wildman–Crippen MR) is 26.9 cm³/mol. The Morgan fingerprint density at radius 3 is 2.38 bits per heavy atom. The Labute approximate surface area is 47.6 Å². The molecule has 0 bridgehead atoms. The number of rotatable bonds is 3. The van der Waals surface area contributed by atoms with Crippen LogP contribution in [0.25, 0.3) is 0 Å². The maximum Gasteiger partial charge on any atom is 0.486 e. The molecule has 0 aliphatic heterocycles. The van der Waals surface area contributed by atoms with Crippen LogP contribution in [-0.2, 0) is 9.19 Å². The summed E-state index contributed by atoms with van der Waals surface area (Å²) in [5.41, 5.74) is 1.80. The van der Waals surface area contributed by atoms with Crippen molar-refractivity contribution in [1.29, 1.82) is 0 Å². The highest BCUT2D eigenvalue weighted by molar-refractivity contribution is 7.46. The minimum Gasteiger partial charge on any atom is -0.302 e. The first-order chi connectivity index (χ1) is 3.56. The summed E-state index contributed by atoms with van der Waals surface area (Å²) in [6.45, 7) is 0. The van der Waals surface area contributed by atoms with E-state index in [9.17, 15) is 4.57 Å². The first-order valence-electron chi connectivity index (χ1n) is 1.73. The lowest BCUT2D eigenvalue weighted by Gasteiger charge is -2.01. The van der Waals surface area contributed by atoms with Crippen molar-refractivity contribution in [3.05, 3.63) is 0 Å². The van der Waals surface area contributed by atoms with Crippen LogP contribution in [0.4, 0.5) is 0 Å². The smallest absolute Gasteiger partial charge is 0.302 e. The molecule has 0 fully saturated rings. The molecule has 0 atom stereocenters. The van der Waals surface area contributed by atoms with Gasteiger partial charge in [0.15, 0.2) is 0 Å². The lowest BCUT2D eigenvalue weighted by Crippen LogP contribution is -2.13. The zero-order valence-electron chi connectivity index (χ0n) is 3.94. The zero-order chi connectivity index (χ0) is 6.62. The molecule has 7 heteroatoms. The molecule has 0 heterocycles. The Bertz CT molecular complexity index is 100. The molecule has 0 amide bonds. The Morgan fingerprint density at radius 2 is 2.25 bits per heavy atom. The summed E-state index contributed by atoms with van der Waals surface area (Å²) in [6.07, 6.45) is -0.134. The topological polar surface area (TPSA) is 78.8 Å². The highest BCUT2D eigenvalue weighted by Crippen LogP contribution is 2.33. The molecule has 0 aliphatic carbocycles. The van der Waals surface area contributed by atoms with E-state index in [0.29, 0.717) is 0 Å². The van der Waals surface area contributed by atoms with E-state index in [4.69, 9.17) is 17.6 Å². The average molecular weight is 137 g/mol. The molecule has 0 rings (SSSR count). The highest BCUT2D eigenvalue weighted by Gasteiger charge is 2.11. The normalized spacial score (nSPS) is 11.8. The van der Waals surface area contributed by atoms with Gasteiger partial charge in [-0.1, -0.05) is 0 Å². The first kappa shape index (κ1) is 8.13. The number of hydroxylamine groups is 1. The maximum atomic E-state index is 9.74. The van der Waals surface area contributed by atoms with Gasteiger partial charge in [-0.25, -0.2) is 10.0 Å². The van der Waals surface area contributed by atoms with Gasteiger partial charge >= 0.3 is 7.82 Å². The minimum absolute atomic E-state index is 0.134. The van der Waals surface area contributed by atoms with Gasteiger partial charge in [0.25, 0.3) is 0 Å². The second kappa shape index (κ2) is 3.22. The van der Waals surface area contributed by atoms with Gasteiger partial charge in [0.05, 0.1) is 7.85 Å². The van der Waals surface area contributed by atoms with Gasteiger partial charge in [-0.3, -0.25) is 0 Å². The van der Waals surface area contributed by atoms with Crippen molar-refractivity contribution in [2.75, 3.05) is 6.44 Å². The average Bonchev–Trinajstić information content (AvgIpc) is 1.59. The van der Waals surface area contributed by atoms with Crippen LogP contribution in [0.2, 0.25) is 0 Å². The van der Waals surface area contributed by atoms with Gasteiger partial charge < -0.3 is 9.79 Å². The third kappa shape index (κ3) is 6.13. The van der Waals surface area contributed by atoms with Crippen molar-refractivity contribution in [2.45, 2.75) is 0 Å². The SMILES string of the molecule is [B]CNOP(=O)(O)O. The lowest BCUT2D eigenvalue weighted by molar-refractivity contribution is 0.137. The monoisotopic (exact) mass is 137 g/mol. The molecule has 0 aliphatic rings. The fraction of sp³-hybridized carbons (Fsp3) is 1.00. The summed E-state index contributed by atoms with van der Waals surface area (Å²) in [5, 5.41) is 0. The van der Waals surface area contributed by atoms with E-state index in [0.717, 1.165) is 0 Å². The van der Waals surface area contributed by atoms with E-state index in [1.807, 2.05) is 0 Å². The standard InChI is InChI=1S/CH5BNO4P/c2-1-3-7-8(4,5)6/h3H,1H2,(H2,4,5,6). The molecule has 46 valence electrons. The third-order valence-electron chi connectivity index (χ3n) is 0.267. The summed E-state index contributed by atoms with van der Waals surface area (Å²) >= 11 is 0. The van der Waals surface area contributed by atoms with Gasteiger partial charge in [-0.05, 0) is 6.44 Å². The van der Waals surface area contributed by atoms with Crippen molar-refractivity contribution in [2.24, 2.45) is 0 Å². The minimum atomic E-state index is -4.37. The van der Waals surface area contributed by atoms with Gasteiger partial charge in [0.1, 0.15) is 0 Å². The van der Waals surface area contributed by atoms with Crippen LogP contribution in [0.3, 0.4) is 0 Å². The van der Waals surface area contributed by atoms with Crippen molar-refractivity contribution < 1.29 is 19.0 Å². The fourth-order valence-corrected chi connectivity index (χ4v) is 0.364. The second-order valence-corrected chi connectivity index (χ2v) is 2.09. The summed E-state index contributed by atoms with van der Waals surface area (Å²) in [4.78, 5) is 15.8. The Hall–Kier alpha value is 0.135. The van der Waals surface area contributed by atoms with Gasteiger partial charge in [0.2, 0.25) is 0 Å². The van der Waals surface area contributed by atoms with E-state index >= 15 is 0 Å². The molecule has 0 spiro atoms. The molecule has 8 heavy (non-hydrogen) atoms. The predicted octanol–water partition coefficient (Wildman–Crippen LogP) is -1.27. The summed E-state index contributed by atoms with van der Waals surface area (Å²) < 4.78 is 13.4. The van der Waals surface area contributed by atoms with E-state index in [-0.39, 0.29) is 6.44 Å². The van der Waals surface area contributed by atoms with Crippen LogP contribution in [-0.4, -0.2) is 24.1 Å². The largest absolute Gasteiger partial charge is 0.486 e. The molecule has 0 unspecified atom stereocenters. The third-order valence-corrected chi connectivity index (χ3v) is 0.634. The first-order valence-corrected chi connectivity index (χ1v) is 3.26. The van der Waals surface area contributed by atoms with Crippen LogP contribution in [0.1, 0.15) is 0 Å². The van der Waals surface area contributed by atoms with E-state index in [2.05, 4.69) is 4.62 Å². The molecule has 3 N–H and O–H groups in total. The number of phosphoric acid groups is 1. The van der Waals surface area contributed by atoms with Crippen molar-refractivity contribution in [3.63, 3.8) is 0 Å². The van der Waals surface area contributed by atoms with Crippen LogP contribution < -0.4 is 5.48 Å². The van der Waals surface area contributed by atoms with E-state index < -0.39 is 7.82 Å². The van der Waals surface area contributed by atoms with Crippen molar-refractivity contribution in [3.8, 4) is 0 Å².